The Hall–Kier alpha value is -1.74. The van der Waals surface area contributed by atoms with Crippen LogP contribution in [0.3, 0.4) is 0 Å². The van der Waals surface area contributed by atoms with Gasteiger partial charge in [-0.1, -0.05) is 0 Å². The topological polar surface area (TPSA) is 84.5 Å². The van der Waals surface area contributed by atoms with E-state index in [1.807, 2.05) is 0 Å². The van der Waals surface area contributed by atoms with Crippen LogP contribution in [0.15, 0.2) is 23.1 Å². The Kier molecular flexibility index (Phi) is 4.66. The molecule has 0 saturated heterocycles. The van der Waals surface area contributed by atoms with Crippen LogP contribution in [0.1, 0.15) is 20.8 Å². The van der Waals surface area contributed by atoms with Crippen LogP contribution in [0.25, 0.3) is 0 Å². The first-order chi connectivity index (χ1) is 9.01. The molecule has 0 bridgehead atoms. The molecule has 20 heavy (non-hydrogen) atoms. The number of nitrogens with one attached hydrogen (secondary N) is 2. The van der Waals surface area contributed by atoms with E-state index in [9.17, 15) is 22.0 Å². The molecule has 0 atom stereocenters. The molecule has 1 aromatic rings. The van der Waals surface area contributed by atoms with Crippen molar-refractivity contribution < 1.29 is 26.7 Å². The summed E-state index contributed by atoms with van der Waals surface area (Å²) in [5.74, 6) is -2.08. The van der Waals surface area contributed by atoms with E-state index in [0.29, 0.717) is 12.1 Å². The molecule has 0 heterocycles. The fraction of sp³-hybridized carbons (Fsp3) is 0.364. The lowest BCUT2D eigenvalue weighted by molar-refractivity contribution is 0.0515. The van der Waals surface area contributed by atoms with Crippen molar-refractivity contribution in [3.63, 3.8) is 0 Å². The van der Waals surface area contributed by atoms with Crippen LogP contribution in [0.5, 0.6) is 0 Å². The van der Waals surface area contributed by atoms with Crippen LogP contribution in [-0.2, 0) is 14.8 Å². The van der Waals surface area contributed by atoms with E-state index in [4.69, 9.17) is 4.74 Å². The van der Waals surface area contributed by atoms with Gasteiger partial charge in [0.25, 0.3) is 10.0 Å². The number of halogens is 2. The summed E-state index contributed by atoms with van der Waals surface area (Å²) < 4.78 is 54.4. The van der Waals surface area contributed by atoms with Crippen LogP contribution < -0.4 is 10.3 Å². The van der Waals surface area contributed by atoms with Gasteiger partial charge in [-0.3, -0.25) is 0 Å². The second-order valence-electron chi connectivity index (χ2n) is 4.81. The molecule has 9 heteroatoms. The van der Waals surface area contributed by atoms with Gasteiger partial charge in [0, 0.05) is 0 Å². The molecule has 6 nitrogen and oxygen atoms in total. The smallest absolute Gasteiger partial charge is 0.423 e. The van der Waals surface area contributed by atoms with Gasteiger partial charge in [0.1, 0.15) is 22.1 Å². The fourth-order valence-corrected chi connectivity index (χ4v) is 2.07. The molecule has 2 N–H and O–H groups in total. The van der Waals surface area contributed by atoms with Crippen molar-refractivity contribution >= 4 is 16.1 Å². The van der Waals surface area contributed by atoms with Gasteiger partial charge in [0.05, 0.1) is 0 Å². The number of sulfonamides is 1. The number of ether oxygens (including phenoxy) is 1. The standard InChI is InChI=1S/C11H14F2N2O4S/c1-11(2,3)19-10(16)14-15-20(17,18)9-6-7(12)4-5-8(9)13/h4-6,15H,1-3H3,(H,14,16). The van der Waals surface area contributed by atoms with Crippen LogP contribution in [-0.4, -0.2) is 20.1 Å². The monoisotopic (exact) mass is 308 g/mol. The molecule has 0 aromatic heterocycles. The van der Waals surface area contributed by atoms with E-state index in [1.54, 1.807) is 31.0 Å². The highest BCUT2D eigenvalue weighted by Crippen LogP contribution is 2.15. The fourth-order valence-electron chi connectivity index (χ4n) is 1.15. The van der Waals surface area contributed by atoms with E-state index in [-0.39, 0.29) is 0 Å². The molecule has 0 saturated carbocycles. The normalized spacial score (nSPS) is 12.1. The zero-order chi connectivity index (χ0) is 15.6. The van der Waals surface area contributed by atoms with Gasteiger partial charge >= 0.3 is 6.09 Å². The van der Waals surface area contributed by atoms with Crippen molar-refractivity contribution in [1.82, 2.24) is 10.3 Å². The molecule has 1 amide bonds. The molecule has 0 aliphatic rings. The minimum absolute atomic E-state index is 0.494. The summed E-state index contributed by atoms with van der Waals surface area (Å²) >= 11 is 0. The Labute approximate surface area is 115 Å². The van der Waals surface area contributed by atoms with Gasteiger partial charge in [-0.25, -0.2) is 27.4 Å². The Morgan fingerprint density at radius 3 is 2.40 bits per heavy atom. The number of hydrogen-bond acceptors (Lipinski definition) is 4. The van der Waals surface area contributed by atoms with Crippen LogP contribution in [0, 0.1) is 11.6 Å². The maximum atomic E-state index is 13.3. The van der Waals surface area contributed by atoms with Crippen molar-refractivity contribution in [1.29, 1.82) is 0 Å². The molecule has 0 spiro atoms. The van der Waals surface area contributed by atoms with Crippen LogP contribution >= 0.6 is 0 Å². The van der Waals surface area contributed by atoms with Crippen LogP contribution in [0.4, 0.5) is 13.6 Å². The zero-order valence-electron chi connectivity index (χ0n) is 11.0. The summed E-state index contributed by atoms with van der Waals surface area (Å²) in [6.45, 7) is 4.73. The summed E-state index contributed by atoms with van der Waals surface area (Å²) in [4.78, 5) is 11.9. The predicted molar refractivity (Wildman–Crippen MR) is 66.0 cm³/mol. The van der Waals surface area contributed by atoms with E-state index in [0.717, 1.165) is 6.07 Å². The van der Waals surface area contributed by atoms with Crippen molar-refractivity contribution in [3.05, 3.63) is 29.8 Å². The Balaban J connectivity index is 2.81. The lowest BCUT2D eigenvalue weighted by Gasteiger charge is -2.19. The highest BCUT2D eigenvalue weighted by Gasteiger charge is 2.22. The molecule has 0 aliphatic carbocycles. The average Bonchev–Trinajstić information content (AvgIpc) is 2.27. The van der Waals surface area contributed by atoms with E-state index < -0.39 is 38.2 Å². The molecule has 0 aliphatic heterocycles. The Morgan fingerprint density at radius 1 is 1.25 bits per heavy atom. The van der Waals surface area contributed by atoms with Gasteiger partial charge in [-0.05, 0) is 39.0 Å². The number of amides is 1. The highest BCUT2D eigenvalue weighted by molar-refractivity contribution is 7.89. The Bertz CT molecular complexity index is 611. The van der Waals surface area contributed by atoms with Gasteiger partial charge in [-0.15, -0.1) is 4.83 Å². The number of rotatable bonds is 3. The number of carbonyl (C=O) groups excluding carboxylic acids is 1. The lowest BCUT2D eigenvalue weighted by atomic mass is 10.2. The third-order valence-electron chi connectivity index (χ3n) is 1.87. The first kappa shape index (κ1) is 16.3. The molecular formula is C11H14F2N2O4S. The first-order valence-electron chi connectivity index (χ1n) is 5.47. The molecule has 0 radical (unpaired) electrons. The van der Waals surface area contributed by atoms with Gasteiger partial charge in [0.2, 0.25) is 0 Å². The SMILES string of the molecule is CC(C)(C)OC(=O)NNS(=O)(=O)c1cc(F)ccc1F. The summed E-state index contributed by atoms with van der Waals surface area (Å²) in [5, 5.41) is 0. The van der Waals surface area contributed by atoms with Gasteiger partial charge < -0.3 is 4.74 Å². The maximum Gasteiger partial charge on any atom is 0.423 e. The second kappa shape index (κ2) is 5.71. The minimum Gasteiger partial charge on any atom is -0.443 e. The molecular weight excluding hydrogens is 294 g/mol. The molecule has 112 valence electrons. The van der Waals surface area contributed by atoms with Crippen LogP contribution in [0.2, 0.25) is 0 Å². The highest BCUT2D eigenvalue weighted by atomic mass is 32.2. The van der Waals surface area contributed by atoms with Crippen molar-refractivity contribution in [2.75, 3.05) is 0 Å². The van der Waals surface area contributed by atoms with E-state index in [2.05, 4.69) is 0 Å². The Morgan fingerprint density at radius 2 is 1.85 bits per heavy atom. The molecule has 0 fully saturated rings. The first-order valence-corrected chi connectivity index (χ1v) is 6.95. The third kappa shape index (κ3) is 4.74. The number of benzene rings is 1. The summed E-state index contributed by atoms with van der Waals surface area (Å²) in [5.41, 5.74) is 0.903. The summed E-state index contributed by atoms with van der Waals surface area (Å²) in [6, 6.07) is 1.93. The maximum absolute atomic E-state index is 13.3. The minimum atomic E-state index is -4.44. The van der Waals surface area contributed by atoms with Gasteiger partial charge in [0.15, 0.2) is 0 Å². The molecule has 0 unspecified atom stereocenters. The van der Waals surface area contributed by atoms with Crippen molar-refractivity contribution in [2.45, 2.75) is 31.3 Å². The third-order valence-corrected chi connectivity index (χ3v) is 3.13. The summed E-state index contributed by atoms with van der Waals surface area (Å²) in [7, 11) is -4.44. The predicted octanol–water partition coefficient (Wildman–Crippen LogP) is 1.68. The van der Waals surface area contributed by atoms with Gasteiger partial charge in [-0.2, -0.15) is 0 Å². The number of hydrogen-bond donors (Lipinski definition) is 2. The number of hydrazine groups is 1. The second-order valence-corrected chi connectivity index (χ2v) is 6.46. The quantitative estimate of drug-likeness (QED) is 0.832. The van der Waals surface area contributed by atoms with Crippen molar-refractivity contribution in [3.8, 4) is 0 Å². The molecule has 1 rings (SSSR count). The summed E-state index contributed by atoms with van der Waals surface area (Å²) in [6.07, 6.45) is -1.07. The van der Waals surface area contributed by atoms with E-state index in [1.165, 1.54) is 0 Å². The lowest BCUT2D eigenvalue weighted by Crippen LogP contribution is -2.44. The van der Waals surface area contributed by atoms with E-state index >= 15 is 0 Å². The molecule has 1 aromatic carbocycles. The number of carbonyl (C=O) groups is 1. The zero-order valence-corrected chi connectivity index (χ0v) is 11.8. The largest absolute Gasteiger partial charge is 0.443 e. The van der Waals surface area contributed by atoms with Crippen molar-refractivity contribution in [2.24, 2.45) is 0 Å². The average molecular weight is 308 g/mol.